The van der Waals surface area contributed by atoms with Crippen molar-refractivity contribution >= 4 is 29.3 Å². The summed E-state index contributed by atoms with van der Waals surface area (Å²) < 4.78 is 39.9. The monoisotopic (exact) mass is 369 g/mol. The third kappa shape index (κ3) is 3.63. The normalized spacial score (nSPS) is 14.1. The minimum atomic E-state index is -4.47. The molecule has 1 amide bonds. The number of halogens is 3. The number of rotatable bonds is 3. The van der Waals surface area contributed by atoms with Crippen LogP contribution in [-0.4, -0.2) is 26.9 Å². The van der Waals surface area contributed by atoms with Crippen LogP contribution in [0.5, 0.6) is 0 Å². The number of fused-ring (bicyclic) bond motifs is 1. The zero-order valence-electron chi connectivity index (χ0n) is 13.3. The Balaban J connectivity index is 1.79. The number of hydrogen-bond acceptors (Lipinski definition) is 5. The lowest BCUT2D eigenvalue weighted by molar-refractivity contribution is -0.137. The Bertz CT molecular complexity index is 859. The summed E-state index contributed by atoms with van der Waals surface area (Å²) in [7, 11) is 0. The van der Waals surface area contributed by atoms with Crippen molar-refractivity contribution < 1.29 is 18.0 Å². The Morgan fingerprint density at radius 3 is 2.84 bits per heavy atom. The lowest BCUT2D eigenvalue weighted by atomic mass is 10.1. The first kappa shape index (κ1) is 17.3. The van der Waals surface area contributed by atoms with Gasteiger partial charge in [-0.2, -0.15) is 18.2 Å². The maximum atomic E-state index is 12.8. The lowest BCUT2D eigenvalue weighted by Crippen LogP contribution is -2.26. The minimum Gasteiger partial charge on any atom is -0.328 e. The van der Waals surface area contributed by atoms with Gasteiger partial charge in [0.05, 0.1) is 17.7 Å². The molecule has 25 heavy (non-hydrogen) atoms. The first-order valence-corrected chi connectivity index (χ1v) is 8.44. The number of benzene rings is 1. The van der Waals surface area contributed by atoms with E-state index >= 15 is 0 Å². The molecule has 0 atom stereocenters. The molecule has 0 radical (unpaired) electrons. The van der Waals surface area contributed by atoms with Gasteiger partial charge in [0.2, 0.25) is 11.1 Å². The lowest BCUT2D eigenvalue weighted by Gasteiger charge is -2.19. The van der Waals surface area contributed by atoms with Gasteiger partial charge in [0.25, 0.3) is 5.91 Å². The molecule has 132 valence electrons. The van der Waals surface area contributed by atoms with Crippen LogP contribution in [0.25, 0.3) is 0 Å². The second-order valence-corrected chi connectivity index (χ2v) is 6.11. The van der Waals surface area contributed by atoms with Gasteiger partial charge < -0.3 is 10.6 Å². The van der Waals surface area contributed by atoms with E-state index in [1.54, 1.807) is 11.6 Å². The van der Waals surface area contributed by atoms with Gasteiger partial charge in [-0.15, -0.1) is 5.10 Å². The van der Waals surface area contributed by atoms with Crippen molar-refractivity contribution in [3.63, 3.8) is 0 Å². The second-order valence-electron chi connectivity index (χ2n) is 5.34. The molecule has 10 heteroatoms. The third-order valence-corrected chi connectivity index (χ3v) is 4.15. The Hall–Kier alpha value is -2.49. The second kappa shape index (κ2) is 6.43. The molecule has 3 rings (SSSR count). The molecule has 0 saturated carbocycles. The van der Waals surface area contributed by atoms with Gasteiger partial charge in [-0.3, -0.25) is 4.79 Å². The number of nitrogens with one attached hydrogen (secondary N) is 2. The topological polar surface area (TPSA) is 71.8 Å². The molecule has 0 bridgehead atoms. The number of carbonyl (C=O) groups excluding carboxylic acids is 1. The molecule has 1 aliphatic rings. The highest BCUT2D eigenvalue weighted by Crippen LogP contribution is 2.31. The predicted molar refractivity (Wildman–Crippen MR) is 88.2 cm³/mol. The molecule has 1 aliphatic heterocycles. The van der Waals surface area contributed by atoms with E-state index in [1.807, 2.05) is 6.26 Å². The van der Waals surface area contributed by atoms with Crippen molar-refractivity contribution in [2.24, 2.45) is 0 Å². The van der Waals surface area contributed by atoms with Crippen molar-refractivity contribution in [2.75, 3.05) is 16.9 Å². The van der Waals surface area contributed by atoms with Gasteiger partial charge in [0.1, 0.15) is 0 Å². The first-order chi connectivity index (χ1) is 11.8. The quantitative estimate of drug-likeness (QED) is 0.812. The first-order valence-electron chi connectivity index (χ1n) is 7.22. The van der Waals surface area contributed by atoms with E-state index in [1.165, 1.54) is 23.9 Å². The fourth-order valence-electron chi connectivity index (χ4n) is 2.34. The van der Waals surface area contributed by atoms with Crippen molar-refractivity contribution in [3.8, 4) is 0 Å². The molecule has 0 fully saturated rings. The van der Waals surface area contributed by atoms with Gasteiger partial charge in [-0.25, -0.2) is 4.68 Å². The minimum absolute atomic E-state index is 0.0781. The Morgan fingerprint density at radius 2 is 2.16 bits per heavy atom. The fraction of sp³-hybridized carbons (Fsp3) is 0.267. The Labute approximate surface area is 145 Å². The number of anilines is 2. The summed E-state index contributed by atoms with van der Waals surface area (Å²) in [6.07, 6.45) is -2.63. The van der Waals surface area contributed by atoms with E-state index in [2.05, 4.69) is 20.7 Å². The molecule has 6 nitrogen and oxygen atoms in total. The maximum absolute atomic E-state index is 12.8. The van der Waals surface area contributed by atoms with Crippen molar-refractivity contribution in [1.82, 2.24) is 14.8 Å². The summed E-state index contributed by atoms with van der Waals surface area (Å²) in [5, 5.41) is 10.3. The van der Waals surface area contributed by atoms with Gasteiger partial charge in [-0.05, 0) is 31.4 Å². The molecule has 2 aromatic rings. The van der Waals surface area contributed by atoms with Crippen LogP contribution in [-0.2, 0) is 17.5 Å². The number of thioether (sulfide) groups is 1. The van der Waals surface area contributed by atoms with E-state index in [4.69, 9.17) is 0 Å². The molecule has 0 unspecified atom stereocenters. The van der Waals surface area contributed by atoms with E-state index < -0.39 is 17.6 Å². The zero-order chi connectivity index (χ0) is 18.2. The molecule has 1 aromatic carbocycles. The number of nitrogens with zero attached hydrogens (tertiary/aromatic N) is 3. The molecule has 2 heterocycles. The summed E-state index contributed by atoms with van der Waals surface area (Å²) in [6.45, 7) is 1.89. The molecule has 0 spiro atoms. The molecule has 0 saturated heterocycles. The molecule has 2 N–H and O–H groups in total. The number of amides is 1. The van der Waals surface area contributed by atoms with Crippen LogP contribution in [0.3, 0.4) is 0 Å². The van der Waals surface area contributed by atoms with E-state index in [0.717, 1.165) is 12.1 Å². The third-order valence-electron chi connectivity index (χ3n) is 3.62. The van der Waals surface area contributed by atoms with Crippen LogP contribution < -0.4 is 10.6 Å². The van der Waals surface area contributed by atoms with Gasteiger partial charge in [-0.1, -0.05) is 17.8 Å². The Morgan fingerprint density at radius 1 is 1.40 bits per heavy atom. The number of allylic oxidation sites excluding steroid dienone is 1. The summed E-state index contributed by atoms with van der Waals surface area (Å²) in [5.74, 6) is 0.0358. The van der Waals surface area contributed by atoms with Gasteiger partial charge in [0.15, 0.2) is 0 Å². The molecular weight excluding hydrogens is 355 g/mol. The highest BCUT2D eigenvalue weighted by atomic mass is 32.2. The van der Waals surface area contributed by atoms with Crippen molar-refractivity contribution in [2.45, 2.75) is 24.8 Å². The summed E-state index contributed by atoms with van der Waals surface area (Å²) in [6, 6.07) is 4.51. The van der Waals surface area contributed by atoms with Gasteiger partial charge in [0, 0.05) is 11.4 Å². The van der Waals surface area contributed by atoms with Crippen LogP contribution in [0.2, 0.25) is 0 Å². The average molecular weight is 369 g/mol. The number of carbonyl (C=O) groups is 1. The highest BCUT2D eigenvalue weighted by molar-refractivity contribution is 7.98. The van der Waals surface area contributed by atoms with Crippen LogP contribution in [0.15, 0.2) is 40.7 Å². The van der Waals surface area contributed by atoms with Crippen molar-refractivity contribution in [3.05, 3.63) is 41.1 Å². The van der Waals surface area contributed by atoms with Crippen molar-refractivity contribution in [1.29, 1.82) is 0 Å². The van der Waals surface area contributed by atoms with E-state index in [-0.39, 0.29) is 12.2 Å². The van der Waals surface area contributed by atoms with Crippen LogP contribution in [0, 0.1) is 0 Å². The summed E-state index contributed by atoms with van der Waals surface area (Å²) in [5.41, 5.74) is 0.217. The van der Waals surface area contributed by atoms with Gasteiger partial charge >= 0.3 is 6.18 Å². The average Bonchev–Trinajstić information content (AvgIpc) is 2.95. The largest absolute Gasteiger partial charge is 0.416 e. The Kier molecular flexibility index (Phi) is 4.46. The predicted octanol–water partition coefficient (Wildman–Crippen LogP) is 3.36. The van der Waals surface area contributed by atoms with E-state index in [0.29, 0.717) is 22.4 Å². The molecule has 1 aromatic heterocycles. The molecular formula is C15H14F3N5OS. The van der Waals surface area contributed by atoms with Crippen LogP contribution in [0.1, 0.15) is 12.5 Å². The van der Waals surface area contributed by atoms with E-state index in [9.17, 15) is 18.0 Å². The number of hydrogen-bond donors (Lipinski definition) is 2. The maximum Gasteiger partial charge on any atom is 0.416 e. The summed E-state index contributed by atoms with van der Waals surface area (Å²) in [4.78, 5) is 16.7. The number of aromatic nitrogens is 3. The highest BCUT2D eigenvalue weighted by Gasteiger charge is 2.30. The zero-order valence-corrected chi connectivity index (χ0v) is 14.1. The molecule has 0 aliphatic carbocycles. The smallest absolute Gasteiger partial charge is 0.328 e. The number of alkyl halides is 3. The van der Waals surface area contributed by atoms with Crippen LogP contribution in [0.4, 0.5) is 24.8 Å². The fourth-order valence-corrected chi connectivity index (χ4v) is 2.70. The van der Waals surface area contributed by atoms with Crippen LogP contribution >= 0.6 is 11.8 Å². The standard InChI is InChI=1S/C15H14F3N5OS/c1-8-11(7-23-13(19-8)21-14(22-23)25-2)12(24)20-10-5-3-4-9(6-10)15(16,17)18/h3-6H,7H2,1-2H3,(H,20,24)(H,19,21,22). The SMILES string of the molecule is CSc1nc2n(n1)CC(C(=O)Nc1cccc(C(F)(F)F)c1)=C(C)N2. The summed E-state index contributed by atoms with van der Waals surface area (Å²) >= 11 is 1.37.